The Labute approximate surface area is 120 Å². The van der Waals surface area contributed by atoms with Gasteiger partial charge in [-0.25, -0.2) is 0 Å². The Bertz CT molecular complexity index is 529. The van der Waals surface area contributed by atoms with Gasteiger partial charge in [0, 0.05) is 13.0 Å². The van der Waals surface area contributed by atoms with Crippen LogP contribution in [0.1, 0.15) is 25.0 Å². The molecular formula is C14H15F3N2O2. The van der Waals surface area contributed by atoms with E-state index in [-0.39, 0.29) is 18.7 Å². The van der Waals surface area contributed by atoms with Gasteiger partial charge >= 0.3 is 6.18 Å². The lowest BCUT2D eigenvalue weighted by Crippen LogP contribution is -2.42. The molecule has 0 saturated heterocycles. The summed E-state index contributed by atoms with van der Waals surface area (Å²) in [5, 5.41) is 3.65. The fraction of sp³-hybridized carbons (Fsp3) is 0.429. The van der Waals surface area contributed by atoms with Crippen LogP contribution >= 0.6 is 0 Å². The first kappa shape index (κ1) is 15.3. The number of carbonyl (C=O) groups is 1. The van der Waals surface area contributed by atoms with Crippen LogP contribution in [0.2, 0.25) is 0 Å². The molecule has 21 heavy (non-hydrogen) atoms. The molecule has 0 saturated carbocycles. The summed E-state index contributed by atoms with van der Waals surface area (Å²) in [6.45, 7) is 0.180. The molecule has 0 fully saturated rings. The van der Waals surface area contributed by atoms with E-state index in [1.807, 2.05) is 30.3 Å². The fourth-order valence-electron chi connectivity index (χ4n) is 2.08. The normalized spacial score (nSPS) is 18.1. The maximum Gasteiger partial charge on any atom is 0.406 e. The summed E-state index contributed by atoms with van der Waals surface area (Å²) >= 11 is 0. The summed E-state index contributed by atoms with van der Waals surface area (Å²) in [6, 6.07) is 9.12. The van der Waals surface area contributed by atoms with E-state index in [2.05, 4.69) is 5.16 Å². The third-order valence-corrected chi connectivity index (χ3v) is 3.13. The van der Waals surface area contributed by atoms with E-state index in [4.69, 9.17) is 4.84 Å². The minimum Gasteiger partial charge on any atom is -0.387 e. The molecule has 1 aliphatic rings. The zero-order chi connectivity index (χ0) is 15.5. The standard InChI is InChI=1S/C14H15F3N2O2/c1-2-19(9-14(15,16)17)13(20)11-8-12(21-18-11)10-6-4-3-5-7-10/h3-7,12H,2,8-9H2,1H3/t12-/m1/s1. The second-order valence-electron chi connectivity index (χ2n) is 4.68. The number of hydrogen-bond acceptors (Lipinski definition) is 3. The molecule has 1 aromatic rings. The van der Waals surface area contributed by atoms with Gasteiger partial charge in [-0.05, 0) is 12.5 Å². The Balaban J connectivity index is 2.01. The predicted octanol–water partition coefficient (Wildman–Crippen LogP) is 2.91. The van der Waals surface area contributed by atoms with E-state index in [0.717, 1.165) is 10.5 Å². The number of amides is 1. The first-order valence-electron chi connectivity index (χ1n) is 6.54. The Morgan fingerprint density at radius 1 is 1.38 bits per heavy atom. The summed E-state index contributed by atoms with van der Waals surface area (Å²) in [5.74, 6) is -0.728. The number of alkyl halides is 3. The smallest absolute Gasteiger partial charge is 0.387 e. The number of oxime groups is 1. The molecule has 0 aromatic heterocycles. The molecule has 0 N–H and O–H groups in total. The molecule has 0 spiro atoms. The Hall–Kier alpha value is -2.05. The van der Waals surface area contributed by atoms with Crippen LogP contribution in [0.5, 0.6) is 0 Å². The molecule has 0 unspecified atom stereocenters. The van der Waals surface area contributed by atoms with Crippen molar-refractivity contribution in [2.24, 2.45) is 5.16 Å². The second-order valence-corrected chi connectivity index (χ2v) is 4.68. The molecule has 1 atom stereocenters. The van der Waals surface area contributed by atoms with E-state index < -0.39 is 24.7 Å². The first-order chi connectivity index (χ1) is 9.90. The lowest BCUT2D eigenvalue weighted by atomic mass is 10.0. The van der Waals surface area contributed by atoms with E-state index in [1.54, 1.807) is 0 Å². The molecule has 0 radical (unpaired) electrons. The third-order valence-electron chi connectivity index (χ3n) is 3.13. The third kappa shape index (κ3) is 3.96. The minimum absolute atomic E-state index is 0.0231. The molecule has 2 rings (SSSR count). The quantitative estimate of drug-likeness (QED) is 0.858. The number of halogens is 3. The van der Waals surface area contributed by atoms with E-state index in [1.165, 1.54) is 6.92 Å². The molecule has 114 valence electrons. The van der Waals surface area contributed by atoms with Crippen molar-refractivity contribution < 1.29 is 22.8 Å². The lowest BCUT2D eigenvalue weighted by Gasteiger charge is -2.21. The molecule has 0 bridgehead atoms. The van der Waals surface area contributed by atoms with Crippen molar-refractivity contribution in [1.29, 1.82) is 0 Å². The van der Waals surface area contributed by atoms with E-state index in [0.29, 0.717) is 0 Å². The van der Waals surface area contributed by atoms with Crippen molar-refractivity contribution >= 4 is 11.6 Å². The Morgan fingerprint density at radius 2 is 2.05 bits per heavy atom. The minimum atomic E-state index is -4.43. The van der Waals surface area contributed by atoms with Gasteiger partial charge in [0.05, 0.1) is 0 Å². The zero-order valence-corrected chi connectivity index (χ0v) is 11.4. The molecule has 1 heterocycles. The maximum atomic E-state index is 12.4. The van der Waals surface area contributed by atoms with Crippen LogP contribution in [0.15, 0.2) is 35.5 Å². The van der Waals surface area contributed by atoms with Crippen LogP contribution in [0.25, 0.3) is 0 Å². The monoisotopic (exact) mass is 300 g/mol. The zero-order valence-electron chi connectivity index (χ0n) is 11.4. The van der Waals surface area contributed by atoms with Gasteiger partial charge in [0.2, 0.25) is 0 Å². The SMILES string of the molecule is CCN(CC(F)(F)F)C(=O)C1=NO[C@@H](c2ccccc2)C1. The average Bonchev–Trinajstić information content (AvgIpc) is 2.94. The van der Waals surface area contributed by atoms with Crippen molar-refractivity contribution in [3.63, 3.8) is 0 Å². The van der Waals surface area contributed by atoms with Crippen LogP contribution in [-0.4, -0.2) is 35.8 Å². The van der Waals surface area contributed by atoms with E-state index >= 15 is 0 Å². The highest BCUT2D eigenvalue weighted by Crippen LogP contribution is 2.28. The lowest BCUT2D eigenvalue weighted by molar-refractivity contribution is -0.156. The molecular weight excluding hydrogens is 285 g/mol. The van der Waals surface area contributed by atoms with Gasteiger partial charge in [-0.1, -0.05) is 35.5 Å². The van der Waals surface area contributed by atoms with Crippen molar-refractivity contribution in [1.82, 2.24) is 4.90 Å². The summed E-state index contributed by atoms with van der Waals surface area (Å²) in [4.78, 5) is 17.9. The van der Waals surface area contributed by atoms with Gasteiger partial charge in [-0.15, -0.1) is 0 Å². The summed E-state index contributed by atoms with van der Waals surface area (Å²) in [6.07, 6.45) is -4.67. The Kier molecular flexibility index (Phi) is 4.50. The molecule has 1 aliphatic heterocycles. The molecule has 1 aromatic carbocycles. The molecule has 1 amide bonds. The molecule has 4 nitrogen and oxygen atoms in total. The molecule has 0 aliphatic carbocycles. The highest BCUT2D eigenvalue weighted by Gasteiger charge is 2.36. The molecule has 7 heteroatoms. The summed E-state index contributed by atoms with van der Waals surface area (Å²) < 4.78 is 37.2. The number of nitrogens with zero attached hydrogens (tertiary/aromatic N) is 2. The van der Waals surface area contributed by atoms with Gasteiger partial charge < -0.3 is 9.74 Å². The van der Waals surface area contributed by atoms with Gasteiger partial charge in [-0.3, -0.25) is 4.79 Å². The largest absolute Gasteiger partial charge is 0.406 e. The average molecular weight is 300 g/mol. The van der Waals surface area contributed by atoms with Crippen molar-refractivity contribution in [3.05, 3.63) is 35.9 Å². The van der Waals surface area contributed by atoms with Crippen molar-refractivity contribution in [2.45, 2.75) is 25.6 Å². The Morgan fingerprint density at radius 3 is 2.62 bits per heavy atom. The number of rotatable bonds is 4. The first-order valence-corrected chi connectivity index (χ1v) is 6.54. The summed E-state index contributed by atoms with van der Waals surface area (Å²) in [5.41, 5.74) is 0.859. The maximum absolute atomic E-state index is 12.4. The van der Waals surface area contributed by atoms with Crippen molar-refractivity contribution in [2.75, 3.05) is 13.1 Å². The van der Waals surface area contributed by atoms with E-state index in [9.17, 15) is 18.0 Å². The summed E-state index contributed by atoms with van der Waals surface area (Å²) in [7, 11) is 0. The highest BCUT2D eigenvalue weighted by molar-refractivity contribution is 6.39. The van der Waals surface area contributed by atoms with Crippen LogP contribution in [0.3, 0.4) is 0 Å². The van der Waals surface area contributed by atoms with Crippen LogP contribution in [0, 0.1) is 0 Å². The second kappa shape index (κ2) is 6.15. The van der Waals surface area contributed by atoms with Crippen molar-refractivity contribution in [3.8, 4) is 0 Å². The van der Waals surface area contributed by atoms with Crippen LogP contribution in [0.4, 0.5) is 13.2 Å². The van der Waals surface area contributed by atoms with Gasteiger partial charge in [0.15, 0.2) is 6.10 Å². The number of hydrogen-bond donors (Lipinski definition) is 0. The highest BCUT2D eigenvalue weighted by atomic mass is 19.4. The van der Waals surface area contributed by atoms with Gasteiger partial charge in [-0.2, -0.15) is 13.2 Å². The van der Waals surface area contributed by atoms with Crippen LogP contribution < -0.4 is 0 Å². The fourth-order valence-corrected chi connectivity index (χ4v) is 2.08. The van der Waals surface area contributed by atoms with Crippen LogP contribution in [-0.2, 0) is 9.63 Å². The van der Waals surface area contributed by atoms with Gasteiger partial charge in [0.1, 0.15) is 12.3 Å². The topological polar surface area (TPSA) is 41.9 Å². The number of carbonyl (C=O) groups excluding carboxylic acids is 1. The van der Waals surface area contributed by atoms with Gasteiger partial charge in [0.25, 0.3) is 5.91 Å². The predicted molar refractivity (Wildman–Crippen MR) is 70.6 cm³/mol. The number of benzene rings is 1.